The zero-order valence-corrected chi connectivity index (χ0v) is 11.4. The largest absolute Gasteiger partial charge is 0.494 e. The van der Waals surface area contributed by atoms with Crippen molar-refractivity contribution < 1.29 is 19.2 Å². The Kier molecular flexibility index (Phi) is 3.40. The Labute approximate surface area is 122 Å². The maximum Gasteiger partial charge on any atom is 0.295 e. The van der Waals surface area contributed by atoms with Gasteiger partial charge in [-0.2, -0.15) is 0 Å². The standard InChI is InChI=1S/C12H9N3O5S/c16-11(9-6-19-3-4-20-9)14-12-13-8-2-1-7(15(17)18)5-10(8)21-12/h1-2,5-6H,3-4H2,(H,13,14,16). The van der Waals surface area contributed by atoms with Crippen LogP contribution in [-0.2, 0) is 14.3 Å². The third kappa shape index (κ3) is 2.77. The van der Waals surface area contributed by atoms with E-state index in [0.717, 1.165) is 11.3 Å². The molecule has 1 aliphatic rings. The smallest absolute Gasteiger partial charge is 0.295 e. The van der Waals surface area contributed by atoms with E-state index >= 15 is 0 Å². The van der Waals surface area contributed by atoms with Crippen molar-refractivity contribution in [3.05, 3.63) is 40.3 Å². The van der Waals surface area contributed by atoms with E-state index < -0.39 is 10.8 Å². The fourth-order valence-corrected chi connectivity index (χ4v) is 2.62. The minimum Gasteiger partial charge on any atom is -0.494 e. The van der Waals surface area contributed by atoms with Crippen molar-refractivity contribution in [2.75, 3.05) is 18.5 Å². The van der Waals surface area contributed by atoms with Gasteiger partial charge in [0, 0.05) is 12.1 Å². The van der Waals surface area contributed by atoms with Crippen LogP contribution in [0.5, 0.6) is 0 Å². The van der Waals surface area contributed by atoms with Crippen molar-refractivity contribution in [3.8, 4) is 0 Å². The number of rotatable bonds is 3. The van der Waals surface area contributed by atoms with Gasteiger partial charge in [0.2, 0.25) is 5.76 Å². The Balaban J connectivity index is 1.82. The average Bonchev–Trinajstić information content (AvgIpc) is 2.89. The highest BCUT2D eigenvalue weighted by molar-refractivity contribution is 7.22. The summed E-state index contributed by atoms with van der Waals surface area (Å²) in [7, 11) is 0. The number of nitro groups is 1. The first-order chi connectivity index (χ1) is 10.1. The highest BCUT2D eigenvalue weighted by Gasteiger charge is 2.17. The average molecular weight is 307 g/mol. The Morgan fingerprint density at radius 3 is 3.00 bits per heavy atom. The van der Waals surface area contributed by atoms with Crippen LogP contribution in [0.3, 0.4) is 0 Å². The van der Waals surface area contributed by atoms with Crippen LogP contribution in [0.25, 0.3) is 10.2 Å². The minimum absolute atomic E-state index is 0.0178. The fraction of sp³-hybridized carbons (Fsp3) is 0.167. The summed E-state index contributed by atoms with van der Waals surface area (Å²) < 4.78 is 10.8. The fourth-order valence-electron chi connectivity index (χ4n) is 1.73. The van der Waals surface area contributed by atoms with Gasteiger partial charge in [-0.25, -0.2) is 4.98 Å². The molecule has 8 nitrogen and oxygen atoms in total. The first-order valence-corrected chi connectivity index (χ1v) is 6.76. The minimum atomic E-state index is -0.477. The zero-order chi connectivity index (χ0) is 14.8. The number of amides is 1. The molecule has 0 spiro atoms. The molecule has 0 saturated heterocycles. The first-order valence-electron chi connectivity index (χ1n) is 5.94. The molecule has 0 unspecified atom stereocenters. The number of nitro benzene ring substituents is 1. The molecule has 0 bridgehead atoms. The normalized spacial score (nSPS) is 14.0. The topological polar surface area (TPSA) is 104 Å². The van der Waals surface area contributed by atoms with Crippen LogP contribution in [-0.4, -0.2) is 29.0 Å². The number of anilines is 1. The molecule has 108 valence electrons. The molecule has 3 rings (SSSR count). The molecule has 0 radical (unpaired) electrons. The molecule has 0 saturated carbocycles. The van der Waals surface area contributed by atoms with Crippen molar-refractivity contribution in [3.63, 3.8) is 0 Å². The SMILES string of the molecule is O=C(Nc1nc2ccc([N+](=O)[O-])cc2s1)C1=COCCO1. The molecule has 2 heterocycles. The summed E-state index contributed by atoms with van der Waals surface area (Å²) in [4.78, 5) is 26.3. The molecule has 21 heavy (non-hydrogen) atoms. The van der Waals surface area contributed by atoms with Gasteiger partial charge >= 0.3 is 0 Å². The molecule has 0 aliphatic carbocycles. The third-order valence-electron chi connectivity index (χ3n) is 2.68. The molecular formula is C12H9N3O5S. The maximum absolute atomic E-state index is 11.9. The van der Waals surface area contributed by atoms with E-state index in [4.69, 9.17) is 9.47 Å². The van der Waals surface area contributed by atoms with Gasteiger partial charge in [0.15, 0.2) is 5.13 Å². The molecule has 2 aromatic rings. The number of nitrogens with one attached hydrogen (secondary N) is 1. The van der Waals surface area contributed by atoms with Crippen LogP contribution >= 0.6 is 11.3 Å². The highest BCUT2D eigenvalue weighted by atomic mass is 32.1. The zero-order valence-electron chi connectivity index (χ0n) is 10.6. The number of fused-ring (bicyclic) bond motifs is 1. The second-order valence-electron chi connectivity index (χ2n) is 4.08. The molecule has 0 fully saturated rings. The van der Waals surface area contributed by atoms with Crippen molar-refractivity contribution in [1.82, 2.24) is 4.98 Å². The monoisotopic (exact) mass is 307 g/mol. The lowest BCUT2D eigenvalue weighted by atomic mass is 10.3. The Morgan fingerprint density at radius 2 is 2.29 bits per heavy atom. The lowest BCUT2D eigenvalue weighted by Gasteiger charge is -2.13. The van der Waals surface area contributed by atoms with E-state index in [1.165, 1.54) is 18.4 Å². The summed E-state index contributed by atoms with van der Waals surface area (Å²) in [6, 6.07) is 4.33. The number of hydrogen-bond acceptors (Lipinski definition) is 7. The van der Waals surface area contributed by atoms with Crippen molar-refractivity contribution >= 4 is 38.3 Å². The molecule has 1 amide bonds. The molecule has 1 aliphatic heterocycles. The lowest BCUT2D eigenvalue weighted by Crippen LogP contribution is -2.20. The van der Waals surface area contributed by atoms with Gasteiger partial charge in [0.1, 0.15) is 19.5 Å². The van der Waals surface area contributed by atoms with Crippen molar-refractivity contribution in [2.45, 2.75) is 0 Å². The lowest BCUT2D eigenvalue weighted by molar-refractivity contribution is -0.384. The van der Waals surface area contributed by atoms with Crippen LogP contribution < -0.4 is 5.32 Å². The molecule has 1 aromatic carbocycles. The van der Waals surface area contributed by atoms with Gasteiger partial charge in [-0.15, -0.1) is 0 Å². The van der Waals surface area contributed by atoms with Gasteiger partial charge < -0.3 is 9.47 Å². The van der Waals surface area contributed by atoms with E-state index in [1.54, 1.807) is 6.07 Å². The van der Waals surface area contributed by atoms with Crippen LogP contribution in [0.1, 0.15) is 0 Å². The number of nitrogens with zero attached hydrogens (tertiary/aromatic N) is 2. The van der Waals surface area contributed by atoms with Gasteiger partial charge in [-0.1, -0.05) is 11.3 Å². The van der Waals surface area contributed by atoms with E-state index in [9.17, 15) is 14.9 Å². The van der Waals surface area contributed by atoms with Crippen molar-refractivity contribution in [2.24, 2.45) is 0 Å². The Hall–Kier alpha value is -2.68. The summed E-state index contributed by atoms with van der Waals surface area (Å²) in [5, 5.41) is 13.6. The summed E-state index contributed by atoms with van der Waals surface area (Å²) in [5.74, 6) is -0.394. The number of thiazole rings is 1. The third-order valence-corrected chi connectivity index (χ3v) is 3.61. The number of ether oxygens (including phenoxy) is 2. The van der Waals surface area contributed by atoms with E-state index in [1.807, 2.05) is 0 Å². The second kappa shape index (κ2) is 5.37. The van der Waals surface area contributed by atoms with Crippen LogP contribution in [0, 0.1) is 10.1 Å². The van der Waals surface area contributed by atoms with Crippen LogP contribution in [0.2, 0.25) is 0 Å². The number of carbonyl (C=O) groups is 1. The number of benzene rings is 1. The van der Waals surface area contributed by atoms with Crippen LogP contribution in [0.15, 0.2) is 30.2 Å². The molecule has 9 heteroatoms. The van der Waals surface area contributed by atoms with Gasteiger partial charge in [-0.3, -0.25) is 20.2 Å². The summed E-state index contributed by atoms with van der Waals surface area (Å²) >= 11 is 1.15. The van der Waals surface area contributed by atoms with Crippen molar-refractivity contribution in [1.29, 1.82) is 0 Å². The predicted octanol–water partition coefficient (Wildman–Crippen LogP) is 2.03. The number of non-ortho nitro benzene ring substituents is 1. The first kappa shape index (κ1) is 13.3. The molecule has 1 N–H and O–H groups in total. The summed E-state index contributed by atoms with van der Waals surface area (Å²) in [5.41, 5.74) is 0.562. The van der Waals surface area contributed by atoms with E-state index in [2.05, 4.69) is 10.3 Å². The Bertz CT molecular complexity index is 754. The second-order valence-corrected chi connectivity index (χ2v) is 5.11. The van der Waals surface area contributed by atoms with Crippen LogP contribution in [0.4, 0.5) is 10.8 Å². The molecular weight excluding hydrogens is 298 g/mol. The highest BCUT2D eigenvalue weighted by Crippen LogP contribution is 2.29. The number of hydrogen-bond donors (Lipinski definition) is 1. The Morgan fingerprint density at radius 1 is 1.43 bits per heavy atom. The maximum atomic E-state index is 11.9. The van der Waals surface area contributed by atoms with E-state index in [0.29, 0.717) is 28.6 Å². The van der Waals surface area contributed by atoms with Gasteiger partial charge in [0.25, 0.3) is 11.6 Å². The summed E-state index contributed by atoms with van der Waals surface area (Å²) in [6.07, 6.45) is 1.25. The predicted molar refractivity (Wildman–Crippen MR) is 74.9 cm³/mol. The quantitative estimate of drug-likeness (QED) is 0.687. The molecule has 1 aromatic heterocycles. The van der Waals surface area contributed by atoms with Gasteiger partial charge in [-0.05, 0) is 6.07 Å². The van der Waals surface area contributed by atoms with E-state index in [-0.39, 0.29) is 11.4 Å². The summed E-state index contributed by atoms with van der Waals surface area (Å²) in [6.45, 7) is 0.715. The van der Waals surface area contributed by atoms with Gasteiger partial charge in [0.05, 0.1) is 15.1 Å². The number of aromatic nitrogens is 1. The molecule has 0 atom stereocenters. The number of carbonyl (C=O) groups excluding carboxylic acids is 1.